The zero-order valence-corrected chi connectivity index (χ0v) is 14.4. The van der Waals surface area contributed by atoms with Gasteiger partial charge in [-0.15, -0.1) is 0 Å². The number of rotatable bonds is 6. The Morgan fingerprint density at radius 1 is 1.28 bits per heavy atom. The molecule has 0 radical (unpaired) electrons. The first-order valence-electron chi connectivity index (χ1n) is 9.06. The van der Waals surface area contributed by atoms with Crippen molar-refractivity contribution in [2.75, 3.05) is 18.0 Å². The van der Waals surface area contributed by atoms with Gasteiger partial charge in [-0.25, -0.2) is 9.78 Å². The Morgan fingerprint density at radius 3 is 2.76 bits per heavy atom. The Balaban J connectivity index is 1.32. The van der Waals surface area contributed by atoms with Crippen molar-refractivity contribution in [1.82, 2.24) is 15.2 Å². The van der Waals surface area contributed by atoms with Crippen molar-refractivity contribution in [2.24, 2.45) is 0 Å². The maximum atomic E-state index is 12.5. The molecule has 1 aliphatic carbocycles. The fourth-order valence-electron chi connectivity index (χ4n) is 3.26. The second-order valence-corrected chi connectivity index (χ2v) is 6.82. The summed E-state index contributed by atoms with van der Waals surface area (Å²) in [5.41, 5.74) is 1.02. The Kier molecular flexibility index (Phi) is 4.59. The number of anilines is 1. The summed E-state index contributed by atoms with van der Waals surface area (Å²) in [7, 11) is 0. The van der Waals surface area contributed by atoms with Gasteiger partial charge in [0.2, 0.25) is 0 Å². The Hall–Kier alpha value is -2.50. The van der Waals surface area contributed by atoms with E-state index in [-0.39, 0.29) is 6.03 Å². The molecule has 0 atom stereocenters. The molecule has 2 amide bonds. The zero-order valence-electron chi connectivity index (χ0n) is 14.4. The SMILES string of the molecule is O=C(NCc1ccc(N2CCCC2)nc1)N(Cc1ccco1)C1CC1. The lowest BCUT2D eigenvalue weighted by atomic mass is 10.2. The van der Waals surface area contributed by atoms with E-state index in [0.29, 0.717) is 19.1 Å². The predicted octanol–water partition coefficient (Wildman–Crippen LogP) is 3.15. The minimum Gasteiger partial charge on any atom is -0.467 e. The first-order chi connectivity index (χ1) is 12.3. The predicted molar refractivity (Wildman–Crippen MR) is 95.2 cm³/mol. The number of urea groups is 1. The van der Waals surface area contributed by atoms with Crippen LogP contribution in [0.15, 0.2) is 41.1 Å². The molecule has 132 valence electrons. The van der Waals surface area contributed by atoms with E-state index in [0.717, 1.165) is 43.1 Å². The van der Waals surface area contributed by atoms with Gasteiger partial charge in [-0.05, 0) is 49.4 Å². The lowest BCUT2D eigenvalue weighted by Gasteiger charge is -2.22. The van der Waals surface area contributed by atoms with Crippen molar-refractivity contribution in [3.05, 3.63) is 48.0 Å². The van der Waals surface area contributed by atoms with Crippen molar-refractivity contribution < 1.29 is 9.21 Å². The van der Waals surface area contributed by atoms with E-state index < -0.39 is 0 Å². The van der Waals surface area contributed by atoms with E-state index in [2.05, 4.69) is 21.3 Å². The third-order valence-electron chi connectivity index (χ3n) is 4.84. The van der Waals surface area contributed by atoms with E-state index >= 15 is 0 Å². The maximum Gasteiger partial charge on any atom is 0.318 e. The van der Waals surface area contributed by atoms with Crippen molar-refractivity contribution in [3.8, 4) is 0 Å². The summed E-state index contributed by atoms with van der Waals surface area (Å²) in [6.45, 7) is 3.20. The van der Waals surface area contributed by atoms with Gasteiger partial charge in [0.15, 0.2) is 0 Å². The number of nitrogens with one attached hydrogen (secondary N) is 1. The molecule has 0 aromatic carbocycles. The lowest BCUT2D eigenvalue weighted by molar-refractivity contribution is 0.186. The molecule has 1 saturated carbocycles. The van der Waals surface area contributed by atoms with Crippen LogP contribution in [0.3, 0.4) is 0 Å². The number of furan rings is 1. The van der Waals surface area contributed by atoms with Crippen molar-refractivity contribution in [1.29, 1.82) is 0 Å². The molecule has 2 aromatic rings. The fourth-order valence-corrected chi connectivity index (χ4v) is 3.26. The maximum absolute atomic E-state index is 12.5. The van der Waals surface area contributed by atoms with Gasteiger partial charge in [-0.3, -0.25) is 0 Å². The van der Waals surface area contributed by atoms with Gasteiger partial charge in [0.1, 0.15) is 11.6 Å². The van der Waals surface area contributed by atoms with Gasteiger partial charge in [-0.1, -0.05) is 6.07 Å². The van der Waals surface area contributed by atoms with E-state index in [9.17, 15) is 4.79 Å². The van der Waals surface area contributed by atoms with Crippen LogP contribution in [0.5, 0.6) is 0 Å². The number of hydrogen-bond donors (Lipinski definition) is 1. The third-order valence-corrected chi connectivity index (χ3v) is 4.84. The second kappa shape index (κ2) is 7.17. The first kappa shape index (κ1) is 16.0. The number of nitrogens with zero attached hydrogens (tertiary/aromatic N) is 3. The fraction of sp³-hybridized carbons (Fsp3) is 0.474. The molecule has 1 saturated heterocycles. The van der Waals surface area contributed by atoms with Crippen LogP contribution in [0.4, 0.5) is 10.6 Å². The molecule has 0 bridgehead atoms. The molecule has 0 spiro atoms. The molecule has 2 fully saturated rings. The average molecular weight is 340 g/mol. The van der Waals surface area contributed by atoms with Gasteiger partial charge in [-0.2, -0.15) is 0 Å². The highest BCUT2D eigenvalue weighted by Crippen LogP contribution is 2.28. The van der Waals surface area contributed by atoms with Crippen LogP contribution in [-0.2, 0) is 13.1 Å². The lowest BCUT2D eigenvalue weighted by Crippen LogP contribution is -2.40. The van der Waals surface area contributed by atoms with E-state index in [1.54, 1.807) is 6.26 Å². The topological polar surface area (TPSA) is 61.6 Å². The summed E-state index contributed by atoms with van der Waals surface area (Å²) in [4.78, 5) is 21.3. The summed E-state index contributed by atoms with van der Waals surface area (Å²) >= 11 is 0. The molecule has 6 heteroatoms. The number of aromatic nitrogens is 1. The highest BCUT2D eigenvalue weighted by molar-refractivity contribution is 5.74. The molecule has 2 aliphatic rings. The van der Waals surface area contributed by atoms with Gasteiger partial charge < -0.3 is 19.5 Å². The molecule has 4 rings (SSSR count). The largest absolute Gasteiger partial charge is 0.467 e. The van der Waals surface area contributed by atoms with Crippen LogP contribution in [0.1, 0.15) is 37.0 Å². The third kappa shape index (κ3) is 3.95. The summed E-state index contributed by atoms with van der Waals surface area (Å²) < 4.78 is 5.38. The highest BCUT2D eigenvalue weighted by atomic mass is 16.3. The van der Waals surface area contributed by atoms with Crippen LogP contribution >= 0.6 is 0 Å². The van der Waals surface area contributed by atoms with Crippen molar-refractivity contribution in [3.63, 3.8) is 0 Å². The molecule has 3 heterocycles. The molecule has 0 unspecified atom stereocenters. The summed E-state index contributed by atoms with van der Waals surface area (Å²) in [6.07, 6.45) is 8.13. The second-order valence-electron chi connectivity index (χ2n) is 6.82. The van der Waals surface area contributed by atoms with Crippen molar-refractivity contribution in [2.45, 2.75) is 44.8 Å². The number of carbonyl (C=O) groups is 1. The van der Waals surface area contributed by atoms with Crippen LogP contribution in [0.2, 0.25) is 0 Å². The van der Waals surface area contributed by atoms with E-state index in [4.69, 9.17) is 4.42 Å². The number of hydrogen-bond acceptors (Lipinski definition) is 4. The molecule has 2 aromatic heterocycles. The zero-order chi connectivity index (χ0) is 17.1. The molecule has 1 aliphatic heterocycles. The number of pyridine rings is 1. The average Bonchev–Trinajstić information content (AvgIpc) is 3.12. The quantitative estimate of drug-likeness (QED) is 0.877. The summed E-state index contributed by atoms with van der Waals surface area (Å²) in [5.74, 6) is 1.85. The van der Waals surface area contributed by atoms with E-state index in [1.165, 1.54) is 12.8 Å². The van der Waals surface area contributed by atoms with Crippen LogP contribution < -0.4 is 10.2 Å². The normalized spacial score (nSPS) is 16.9. The summed E-state index contributed by atoms with van der Waals surface area (Å²) in [5, 5.41) is 3.01. The minimum atomic E-state index is -0.0393. The van der Waals surface area contributed by atoms with Gasteiger partial charge >= 0.3 is 6.03 Å². The summed E-state index contributed by atoms with van der Waals surface area (Å²) in [6, 6.07) is 8.15. The smallest absolute Gasteiger partial charge is 0.318 e. The Morgan fingerprint density at radius 2 is 2.12 bits per heavy atom. The molecule has 25 heavy (non-hydrogen) atoms. The van der Waals surface area contributed by atoms with Crippen molar-refractivity contribution >= 4 is 11.8 Å². The Bertz CT molecular complexity index is 689. The monoisotopic (exact) mass is 340 g/mol. The van der Waals surface area contributed by atoms with Crippen LogP contribution in [-0.4, -0.2) is 35.0 Å². The standard InChI is InChI=1S/C19H24N4O2/c24-19(23(16-6-7-16)14-17-4-3-11-25-17)21-13-15-5-8-18(20-12-15)22-9-1-2-10-22/h3-5,8,11-12,16H,1-2,6-7,9-10,13-14H2,(H,21,24). The number of amides is 2. The molecular formula is C19H24N4O2. The van der Waals surface area contributed by atoms with Crippen LogP contribution in [0, 0.1) is 0 Å². The minimum absolute atomic E-state index is 0.0393. The van der Waals surface area contributed by atoms with Gasteiger partial charge in [0.05, 0.1) is 12.8 Å². The Labute approximate surface area is 147 Å². The highest BCUT2D eigenvalue weighted by Gasteiger charge is 2.33. The first-order valence-corrected chi connectivity index (χ1v) is 9.06. The molecule has 1 N–H and O–H groups in total. The van der Waals surface area contributed by atoms with Crippen LogP contribution in [0.25, 0.3) is 0 Å². The molecular weight excluding hydrogens is 316 g/mol. The number of carbonyl (C=O) groups excluding carboxylic acids is 1. The van der Waals surface area contributed by atoms with Gasteiger partial charge in [0, 0.05) is 31.9 Å². The van der Waals surface area contributed by atoms with E-state index in [1.807, 2.05) is 29.3 Å². The molecule has 6 nitrogen and oxygen atoms in total. The van der Waals surface area contributed by atoms with Gasteiger partial charge in [0.25, 0.3) is 0 Å².